The van der Waals surface area contributed by atoms with E-state index in [1.54, 1.807) is 26.0 Å². The number of halogens is 3. The van der Waals surface area contributed by atoms with Crippen molar-refractivity contribution in [1.82, 2.24) is 5.32 Å². The number of nitrogens with one attached hydrogen (secondary N) is 1. The second kappa shape index (κ2) is 6.09. The number of hydrogen-bond acceptors (Lipinski definition) is 1. The molecule has 0 spiro atoms. The topological polar surface area (TPSA) is 12.0 Å². The van der Waals surface area contributed by atoms with E-state index < -0.39 is 11.6 Å². The molecule has 2 rings (SSSR count). The molecular formula is C16H16F3N. The van der Waals surface area contributed by atoms with Gasteiger partial charge in [-0.15, -0.1) is 0 Å². The SMILES string of the molecule is Cc1cc(CNC(C)c2ccc(F)cc2F)ccc1F. The first kappa shape index (κ1) is 14.6. The molecule has 0 aliphatic carbocycles. The minimum Gasteiger partial charge on any atom is -0.306 e. The molecule has 4 heteroatoms. The fraction of sp³-hybridized carbons (Fsp3) is 0.250. The summed E-state index contributed by atoms with van der Waals surface area (Å²) in [5.41, 5.74) is 1.90. The molecule has 0 radical (unpaired) electrons. The van der Waals surface area contributed by atoms with Gasteiger partial charge in [0.25, 0.3) is 0 Å². The maximum absolute atomic E-state index is 13.6. The summed E-state index contributed by atoms with van der Waals surface area (Å²) in [5.74, 6) is -1.40. The van der Waals surface area contributed by atoms with Gasteiger partial charge in [0.15, 0.2) is 0 Å². The lowest BCUT2D eigenvalue weighted by Gasteiger charge is -2.15. The maximum atomic E-state index is 13.6. The molecule has 0 aromatic heterocycles. The van der Waals surface area contributed by atoms with Gasteiger partial charge in [-0.3, -0.25) is 0 Å². The molecule has 2 aromatic carbocycles. The summed E-state index contributed by atoms with van der Waals surface area (Å²) < 4.78 is 39.6. The van der Waals surface area contributed by atoms with Gasteiger partial charge in [0.1, 0.15) is 17.5 Å². The average Bonchev–Trinajstić information content (AvgIpc) is 2.40. The normalized spacial score (nSPS) is 12.4. The van der Waals surface area contributed by atoms with Gasteiger partial charge in [0.2, 0.25) is 0 Å². The number of hydrogen-bond donors (Lipinski definition) is 1. The molecule has 0 bridgehead atoms. The molecule has 20 heavy (non-hydrogen) atoms. The largest absolute Gasteiger partial charge is 0.306 e. The van der Waals surface area contributed by atoms with Crippen LogP contribution in [0.2, 0.25) is 0 Å². The van der Waals surface area contributed by atoms with Gasteiger partial charge in [-0.2, -0.15) is 0 Å². The maximum Gasteiger partial charge on any atom is 0.130 e. The van der Waals surface area contributed by atoms with Crippen LogP contribution in [0.5, 0.6) is 0 Å². The van der Waals surface area contributed by atoms with Crippen LogP contribution in [0.25, 0.3) is 0 Å². The van der Waals surface area contributed by atoms with E-state index in [1.807, 2.05) is 0 Å². The van der Waals surface area contributed by atoms with Crippen molar-refractivity contribution in [2.75, 3.05) is 0 Å². The second-order valence-electron chi connectivity index (χ2n) is 4.85. The summed E-state index contributed by atoms with van der Waals surface area (Å²) in [6.07, 6.45) is 0. The van der Waals surface area contributed by atoms with Crippen LogP contribution in [0.4, 0.5) is 13.2 Å². The van der Waals surface area contributed by atoms with Crippen molar-refractivity contribution in [3.8, 4) is 0 Å². The van der Waals surface area contributed by atoms with Crippen molar-refractivity contribution in [2.45, 2.75) is 26.4 Å². The van der Waals surface area contributed by atoms with Crippen LogP contribution in [0.3, 0.4) is 0 Å². The number of benzene rings is 2. The predicted molar refractivity (Wildman–Crippen MR) is 72.7 cm³/mol. The van der Waals surface area contributed by atoms with Gasteiger partial charge in [0.05, 0.1) is 0 Å². The lowest BCUT2D eigenvalue weighted by molar-refractivity contribution is 0.517. The third kappa shape index (κ3) is 3.39. The third-order valence-electron chi connectivity index (χ3n) is 3.26. The Balaban J connectivity index is 2.04. The van der Waals surface area contributed by atoms with Crippen molar-refractivity contribution in [3.63, 3.8) is 0 Å². The van der Waals surface area contributed by atoms with E-state index >= 15 is 0 Å². The summed E-state index contributed by atoms with van der Waals surface area (Å²) in [5, 5.41) is 3.14. The average molecular weight is 279 g/mol. The Hall–Kier alpha value is -1.81. The third-order valence-corrected chi connectivity index (χ3v) is 3.26. The molecule has 1 atom stereocenters. The lowest BCUT2D eigenvalue weighted by Crippen LogP contribution is -2.19. The molecule has 0 amide bonds. The van der Waals surface area contributed by atoms with E-state index in [4.69, 9.17) is 0 Å². The van der Waals surface area contributed by atoms with Crippen molar-refractivity contribution in [2.24, 2.45) is 0 Å². The zero-order valence-corrected chi connectivity index (χ0v) is 11.4. The molecule has 2 aromatic rings. The van der Waals surface area contributed by atoms with E-state index in [2.05, 4.69) is 5.32 Å². The summed E-state index contributed by atoms with van der Waals surface area (Å²) in [6, 6.07) is 8.11. The fourth-order valence-corrected chi connectivity index (χ4v) is 2.05. The Kier molecular flexibility index (Phi) is 4.45. The molecule has 0 aliphatic rings. The van der Waals surface area contributed by atoms with Gasteiger partial charge in [-0.25, -0.2) is 13.2 Å². The highest BCUT2D eigenvalue weighted by Crippen LogP contribution is 2.18. The smallest absolute Gasteiger partial charge is 0.130 e. The molecule has 1 N–H and O–H groups in total. The zero-order valence-electron chi connectivity index (χ0n) is 11.4. The summed E-state index contributed by atoms with van der Waals surface area (Å²) in [6.45, 7) is 3.98. The molecule has 0 saturated heterocycles. The van der Waals surface area contributed by atoms with Crippen LogP contribution in [-0.2, 0) is 6.54 Å². The van der Waals surface area contributed by atoms with Gasteiger partial charge >= 0.3 is 0 Å². The zero-order chi connectivity index (χ0) is 14.7. The Morgan fingerprint density at radius 3 is 2.40 bits per heavy atom. The molecule has 0 heterocycles. The van der Waals surface area contributed by atoms with Crippen LogP contribution in [-0.4, -0.2) is 0 Å². The van der Waals surface area contributed by atoms with Crippen molar-refractivity contribution >= 4 is 0 Å². The molecule has 0 saturated carbocycles. The van der Waals surface area contributed by atoms with Gasteiger partial charge in [-0.1, -0.05) is 18.2 Å². The summed E-state index contributed by atoms with van der Waals surface area (Å²) in [7, 11) is 0. The monoisotopic (exact) mass is 279 g/mol. The van der Waals surface area contributed by atoms with Crippen LogP contribution in [0, 0.1) is 24.4 Å². The first-order valence-electron chi connectivity index (χ1n) is 6.40. The first-order chi connectivity index (χ1) is 9.47. The fourth-order valence-electron chi connectivity index (χ4n) is 2.05. The van der Waals surface area contributed by atoms with Crippen LogP contribution >= 0.6 is 0 Å². The minimum atomic E-state index is -0.590. The Morgan fingerprint density at radius 2 is 1.75 bits per heavy atom. The highest BCUT2D eigenvalue weighted by Gasteiger charge is 2.11. The lowest BCUT2D eigenvalue weighted by atomic mass is 10.1. The highest BCUT2D eigenvalue weighted by molar-refractivity contribution is 5.25. The highest BCUT2D eigenvalue weighted by atomic mass is 19.1. The van der Waals surface area contributed by atoms with Crippen LogP contribution in [0.15, 0.2) is 36.4 Å². The summed E-state index contributed by atoms with van der Waals surface area (Å²) >= 11 is 0. The molecule has 1 nitrogen and oxygen atoms in total. The first-order valence-corrected chi connectivity index (χ1v) is 6.40. The van der Waals surface area contributed by atoms with Crippen molar-refractivity contribution in [1.29, 1.82) is 0 Å². The van der Waals surface area contributed by atoms with Gasteiger partial charge in [-0.05, 0) is 37.1 Å². The predicted octanol–water partition coefficient (Wildman–Crippen LogP) is 4.26. The van der Waals surface area contributed by atoms with Crippen molar-refractivity contribution < 1.29 is 13.2 Å². The van der Waals surface area contributed by atoms with E-state index in [-0.39, 0.29) is 11.9 Å². The number of rotatable bonds is 4. The van der Waals surface area contributed by atoms with Gasteiger partial charge < -0.3 is 5.32 Å². The molecule has 0 fully saturated rings. The Labute approximate surface area is 116 Å². The van der Waals surface area contributed by atoms with Gasteiger partial charge in [0, 0.05) is 24.2 Å². The van der Waals surface area contributed by atoms with Crippen LogP contribution < -0.4 is 5.32 Å². The van der Waals surface area contributed by atoms with Crippen molar-refractivity contribution in [3.05, 3.63) is 70.5 Å². The van der Waals surface area contributed by atoms with E-state index in [9.17, 15) is 13.2 Å². The Bertz CT molecular complexity index is 611. The van der Waals surface area contributed by atoms with E-state index in [0.29, 0.717) is 17.7 Å². The van der Waals surface area contributed by atoms with E-state index in [1.165, 1.54) is 18.2 Å². The van der Waals surface area contributed by atoms with Crippen LogP contribution in [0.1, 0.15) is 29.7 Å². The molecule has 0 aliphatic heterocycles. The number of aryl methyl sites for hydroxylation is 1. The molecule has 1 unspecified atom stereocenters. The Morgan fingerprint density at radius 1 is 1.00 bits per heavy atom. The molecular weight excluding hydrogens is 263 g/mol. The minimum absolute atomic E-state index is 0.244. The standard InChI is InChI=1S/C16H16F3N/c1-10-7-12(3-6-15(10)18)9-20-11(2)14-5-4-13(17)8-16(14)19/h3-8,11,20H,9H2,1-2H3. The second-order valence-corrected chi connectivity index (χ2v) is 4.85. The molecule has 106 valence electrons. The quantitative estimate of drug-likeness (QED) is 0.881. The summed E-state index contributed by atoms with van der Waals surface area (Å²) in [4.78, 5) is 0. The van der Waals surface area contributed by atoms with E-state index in [0.717, 1.165) is 11.6 Å².